The maximum Gasteiger partial charge on any atom is 0.325 e. The lowest BCUT2D eigenvalue weighted by Crippen LogP contribution is -2.60. The quantitative estimate of drug-likeness (QED) is 0.421. The Kier molecular flexibility index (Phi) is 6.19. The Morgan fingerprint density at radius 2 is 2.12 bits per heavy atom. The number of rotatable bonds is 6. The molecule has 26 heavy (non-hydrogen) atoms. The molecule has 1 aliphatic heterocycles. The second-order valence-electron chi connectivity index (χ2n) is 5.71. The number of hydrazine groups is 1. The molecule has 1 rings (SSSR count). The Bertz CT molecular complexity index is 703. The summed E-state index contributed by atoms with van der Waals surface area (Å²) in [6.45, 7) is -1.52. The lowest BCUT2D eigenvalue weighted by atomic mass is 10.1. The Morgan fingerprint density at radius 1 is 1.46 bits per heavy atom. The van der Waals surface area contributed by atoms with Crippen molar-refractivity contribution in [3.8, 4) is 0 Å². The molecule has 0 spiro atoms. The van der Waals surface area contributed by atoms with Crippen molar-refractivity contribution in [3.05, 3.63) is 0 Å². The molecule has 4 atom stereocenters. The third-order valence-corrected chi connectivity index (χ3v) is 3.73. The van der Waals surface area contributed by atoms with Crippen LogP contribution >= 0.6 is 34.8 Å². The maximum atomic E-state index is 12.6. The third kappa shape index (κ3) is 7.44. The predicted molar refractivity (Wildman–Crippen MR) is 97.6 cm³/mol. The van der Waals surface area contributed by atoms with Gasteiger partial charge in [0.05, 0.1) is 1.37 Å². The number of nitrogens with zero attached hydrogens (tertiary/aromatic N) is 1. The number of hydrogen-bond acceptors (Lipinski definition) is 6. The number of carbonyl (C=O) groups is 3. The Morgan fingerprint density at radius 3 is 2.69 bits per heavy atom. The summed E-state index contributed by atoms with van der Waals surface area (Å²) >= 11 is 16.6. The van der Waals surface area contributed by atoms with Crippen LogP contribution in [0, 0.1) is 5.89 Å². The first-order valence-corrected chi connectivity index (χ1v) is 8.79. The average molecular weight is 438 g/mol. The molecule has 1 unspecified atom stereocenters. The molecule has 0 aromatic rings. The number of amides is 2. The van der Waals surface area contributed by atoms with Crippen LogP contribution in [0.1, 0.15) is 40.4 Å². The van der Waals surface area contributed by atoms with Crippen LogP contribution in [-0.2, 0) is 19.1 Å². The van der Waals surface area contributed by atoms with E-state index in [-0.39, 0.29) is 6.54 Å². The fourth-order valence-corrected chi connectivity index (χ4v) is 2.26. The second-order valence-corrected chi connectivity index (χ2v) is 8.22. The summed E-state index contributed by atoms with van der Waals surface area (Å²) in [6.07, 6.45) is -2.64. The number of esters is 1. The highest BCUT2D eigenvalue weighted by Crippen LogP contribution is 2.26. The van der Waals surface area contributed by atoms with Gasteiger partial charge < -0.3 is 15.2 Å². The van der Waals surface area contributed by atoms with Gasteiger partial charge in [0.25, 0.3) is 5.91 Å². The fraction of sp³-hybridized carbons (Fsp3) is 0.800. The molecule has 0 aromatic heterocycles. The van der Waals surface area contributed by atoms with Gasteiger partial charge in [-0.15, -0.1) is 0 Å². The van der Waals surface area contributed by atoms with Crippen LogP contribution in [0.4, 0.5) is 0 Å². The highest BCUT2D eigenvalue weighted by molar-refractivity contribution is 6.67. The molecule has 0 aromatic carbocycles. The molecule has 1 heterocycles. The summed E-state index contributed by atoms with van der Waals surface area (Å²) in [7, 11) is 0. The Labute approximate surface area is 174 Å². The fourth-order valence-electron chi connectivity index (χ4n) is 2.10. The van der Waals surface area contributed by atoms with Crippen molar-refractivity contribution >= 4 is 52.6 Å². The van der Waals surface area contributed by atoms with Crippen molar-refractivity contribution in [3.63, 3.8) is 0 Å². The summed E-state index contributed by atoms with van der Waals surface area (Å²) in [5, 5.41) is 13.2. The van der Waals surface area contributed by atoms with E-state index in [0.717, 1.165) is 11.9 Å². The lowest BCUT2D eigenvalue weighted by Gasteiger charge is -2.34. The standard InChI is InChI=1S/C15H24Cl3N3O5/c1-8(2)11(22)12(23)19-9(3)13(24)21-6-4-5-10(20-21)14(25)26-7-15(16,17)18/h8-11,20,22H,4-7H2,1-3H3,(H,19,23)/t9-,10-,11-/m0/s1/i1D3,8D,11D/t8?,9-,10-,11-. The van der Waals surface area contributed by atoms with Crippen molar-refractivity contribution in [2.75, 3.05) is 13.2 Å². The van der Waals surface area contributed by atoms with E-state index in [1.54, 1.807) is 0 Å². The van der Waals surface area contributed by atoms with E-state index in [2.05, 4.69) is 5.43 Å². The average Bonchev–Trinajstić information content (AvgIpc) is 2.63. The van der Waals surface area contributed by atoms with E-state index < -0.39 is 59.1 Å². The Hall–Kier alpha value is -0.800. The number of nitrogens with one attached hydrogen (secondary N) is 2. The molecule has 11 heteroatoms. The zero-order valence-corrected chi connectivity index (χ0v) is 16.4. The van der Waals surface area contributed by atoms with Gasteiger partial charge in [0, 0.05) is 12.0 Å². The van der Waals surface area contributed by atoms with Gasteiger partial charge in [-0.05, 0) is 25.7 Å². The zero-order chi connectivity index (χ0) is 24.4. The third-order valence-electron chi connectivity index (χ3n) is 3.40. The highest BCUT2D eigenvalue weighted by Gasteiger charge is 2.33. The SMILES string of the molecule is [2H]C([2H])([2H])C([2H])(C)[C@]([2H])(O)C(=O)N[C@@H](C)C(=O)N1CCC[C@@H](C(=O)OCC(Cl)(Cl)Cl)N1. The van der Waals surface area contributed by atoms with Crippen molar-refractivity contribution in [2.24, 2.45) is 5.89 Å². The van der Waals surface area contributed by atoms with Crippen LogP contribution in [-0.4, -0.2) is 63.0 Å². The van der Waals surface area contributed by atoms with Crippen molar-refractivity contribution < 1.29 is 31.1 Å². The molecule has 0 bridgehead atoms. The lowest BCUT2D eigenvalue weighted by molar-refractivity contribution is -0.153. The second kappa shape index (κ2) is 9.94. The topological polar surface area (TPSA) is 108 Å². The first kappa shape index (κ1) is 16.2. The van der Waals surface area contributed by atoms with E-state index in [1.165, 1.54) is 6.92 Å². The van der Waals surface area contributed by atoms with Gasteiger partial charge in [0.15, 0.2) is 0 Å². The van der Waals surface area contributed by atoms with Crippen LogP contribution in [0.5, 0.6) is 0 Å². The summed E-state index contributed by atoms with van der Waals surface area (Å²) in [4.78, 5) is 37.0. The smallest absolute Gasteiger partial charge is 0.325 e. The monoisotopic (exact) mass is 436 g/mol. The van der Waals surface area contributed by atoms with E-state index >= 15 is 0 Å². The van der Waals surface area contributed by atoms with Crippen LogP contribution < -0.4 is 10.7 Å². The first-order chi connectivity index (χ1) is 13.8. The van der Waals surface area contributed by atoms with Gasteiger partial charge in [-0.1, -0.05) is 48.6 Å². The number of alkyl halides is 3. The zero-order valence-electron chi connectivity index (χ0n) is 19.1. The molecule has 2 amide bonds. The molecule has 0 aliphatic carbocycles. The summed E-state index contributed by atoms with van der Waals surface area (Å²) in [5.41, 5.74) is 2.63. The highest BCUT2D eigenvalue weighted by atomic mass is 35.6. The van der Waals surface area contributed by atoms with Gasteiger partial charge >= 0.3 is 5.97 Å². The molecule has 1 aliphatic rings. The van der Waals surface area contributed by atoms with Crippen LogP contribution in [0.2, 0.25) is 0 Å². The van der Waals surface area contributed by atoms with E-state index in [9.17, 15) is 19.5 Å². The molecule has 1 fully saturated rings. The van der Waals surface area contributed by atoms with Gasteiger partial charge in [-0.3, -0.25) is 19.4 Å². The minimum Gasteiger partial charge on any atom is -0.460 e. The van der Waals surface area contributed by atoms with Crippen LogP contribution in [0.3, 0.4) is 0 Å². The first-order valence-electron chi connectivity index (χ1n) is 10.2. The summed E-state index contributed by atoms with van der Waals surface area (Å²) < 4.78 is 40.4. The van der Waals surface area contributed by atoms with Crippen molar-refractivity contribution in [1.29, 1.82) is 0 Å². The number of carbonyl (C=O) groups excluding carboxylic acids is 3. The van der Waals surface area contributed by atoms with Gasteiger partial charge in [0.2, 0.25) is 9.70 Å². The largest absolute Gasteiger partial charge is 0.460 e. The minimum atomic E-state index is -3.37. The van der Waals surface area contributed by atoms with E-state index in [0.29, 0.717) is 12.8 Å². The van der Waals surface area contributed by atoms with Crippen molar-refractivity contribution in [1.82, 2.24) is 15.8 Å². The number of aliphatic hydroxyl groups is 1. The molecule has 1 saturated heterocycles. The van der Waals surface area contributed by atoms with Crippen LogP contribution in [0.25, 0.3) is 0 Å². The number of ether oxygens (including phenoxy) is 1. The molecule has 0 saturated carbocycles. The molecule has 3 N–H and O–H groups in total. The number of hydrogen-bond donors (Lipinski definition) is 3. The van der Waals surface area contributed by atoms with Crippen molar-refractivity contribution in [2.45, 2.75) is 55.5 Å². The van der Waals surface area contributed by atoms with Gasteiger partial charge in [0.1, 0.15) is 24.8 Å². The normalized spacial score (nSPS) is 27.2. The minimum absolute atomic E-state index is 0.170. The van der Waals surface area contributed by atoms with E-state index in [4.69, 9.17) is 46.4 Å². The molecule has 150 valence electrons. The molecular weight excluding hydrogens is 409 g/mol. The summed E-state index contributed by atoms with van der Waals surface area (Å²) in [6, 6.07) is -2.24. The van der Waals surface area contributed by atoms with Crippen LogP contribution in [0.15, 0.2) is 0 Å². The Balaban J connectivity index is 2.78. The van der Waals surface area contributed by atoms with Gasteiger partial charge in [-0.2, -0.15) is 0 Å². The molecular formula is C15H24Cl3N3O5. The number of halogens is 3. The maximum absolute atomic E-state index is 12.6. The van der Waals surface area contributed by atoms with E-state index in [1.807, 2.05) is 5.32 Å². The molecule has 8 nitrogen and oxygen atoms in total. The van der Waals surface area contributed by atoms with Gasteiger partial charge in [-0.25, -0.2) is 5.43 Å². The predicted octanol–water partition coefficient (Wildman–Crippen LogP) is 0.917. The molecule has 0 radical (unpaired) electrons. The summed E-state index contributed by atoms with van der Waals surface area (Å²) in [5.74, 6) is -5.89.